The number of amidine groups is 1. The highest BCUT2D eigenvalue weighted by atomic mass is 32.2. The maximum absolute atomic E-state index is 4.95. The van der Waals surface area contributed by atoms with Crippen LogP contribution in [0.2, 0.25) is 0 Å². The quantitative estimate of drug-likeness (QED) is 0.388. The van der Waals surface area contributed by atoms with Crippen molar-refractivity contribution in [2.75, 3.05) is 5.75 Å². The van der Waals surface area contributed by atoms with Gasteiger partial charge in [-0.2, -0.15) is 0 Å². The number of para-hydroxylation sites is 1. The lowest BCUT2D eigenvalue weighted by Gasteiger charge is -2.26. The highest BCUT2D eigenvalue weighted by Gasteiger charge is 2.13. The van der Waals surface area contributed by atoms with Crippen molar-refractivity contribution < 1.29 is 0 Å². The summed E-state index contributed by atoms with van der Waals surface area (Å²) in [5.74, 6) is 0.992. The molecule has 0 N–H and O–H groups in total. The fraction of sp³-hybridized carbons (Fsp3) is 0.174. The van der Waals surface area contributed by atoms with E-state index in [1.54, 1.807) is 11.8 Å². The second-order valence-electron chi connectivity index (χ2n) is 5.99. The minimum absolute atomic E-state index is 0.842. The molecule has 0 aliphatic carbocycles. The Kier molecular flexibility index (Phi) is 6.91. The van der Waals surface area contributed by atoms with Crippen LogP contribution in [0.5, 0.6) is 0 Å². The van der Waals surface area contributed by atoms with Gasteiger partial charge in [0.05, 0.1) is 5.69 Å². The zero-order chi connectivity index (χ0) is 18.0. The maximum Gasteiger partial charge on any atom is 0.164 e. The Balaban J connectivity index is 1.91. The minimum atomic E-state index is 0.842. The normalized spacial score (nSPS) is 11.3. The fourth-order valence-electron chi connectivity index (χ4n) is 2.74. The first-order valence-electron chi connectivity index (χ1n) is 8.94. The molecule has 0 amide bonds. The lowest BCUT2D eigenvalue weighted by molar-refractivity contribution is 0.415. The maximum atomic E-state index is 4.95. The molecule has 3 heteroatoms. The fourth-order valence-corrected chi connectivity index (χ4v) is 3.47. The first-order valence-corrected chi connectivity index (χ1v) is 9.93. The van der Waals surface area contributed by atoms with Crippen LogP contribution in [0.3, 0.4) is 0 Å². The smallest absolute Gasteiger partial charge is 0.164 e. The van der Waals surface area contributed by atoms with E-state index in [1.807, 2.05) is 18.2 Å². The minimum Gasteiger partial charge on any atom is -0.343 e. The van der Waals surface area contributed by atoms with Gasteiger partial charge in [0, 0.05) is 13.1 Å². The van der Waals surface area contributed by atoms with Gasteiger partial charge in [0.1, 0.15) is 0 Å². The molecule has 3 aromatic carbocycles. The molecule has 0 fully saturated rings. The monoisotopic (exact) mass is 360 g/mol. The molecule has 0 saturated carbocycles. The van der Waals surface area contributed by atoms with E-state index < -0.39 is 0 Å². The van der Waals surface area contributed by atoms with Crippen LogP contribution in [0.4, 0.5) is 5.69 Å². The third-order valence-corrected chi connectivity index (χ3v) is 4.85. The summed E-state index contributed by atoms with van der Waals surface area (Å²) in [5, 5.41) is 1.06. The van der Waals surface area contributed by atoms with Gasteiger partial charge in [0.2, 0.25) is 0 Å². The van der Waals surface area contributed by atoms with Crippen molar-refractivity contribution in [2.24, 2.45) is 4.99 Å². The first-order chi connectivity index (χ1) is 12.8. The molecule has 0 radical (unpaired) electrons. The van der Waals surface area contributed by atoms with Crippen molar-refractivity contribution in [3.05, 3.63) is 102 Å². The van der Waals surface area contributed by atoms with Gasteiger partial charge in [-0.25, -0.2) is 4.99 Å². The van der Waals surface area contributed by atoms with E-state index in [0.717, 1.165) is 29.7 Å². The zero-order valence-corrected chi connectivity index (χ0v) is 15.9. The lowest BCUT2D eigenvalue weighted by Crippen LogP contribution is -2.28. The standard InChI is InChI=1S/C23H24N2S/c1-2-26-23(24-22-16-10-5-11-17-22)25(18-20-12-6-3-7-13-20)19-21-14-8-4-9-15-21/h3-17H,2,18-19H2,1H3. The van der Waals surface area contributed by atoms with Gasteiger partial charge >= 0.3 is 0 Å². The molecule has 3 aromatic rings. The Morgan fingerprint density at radius 1 is 0.731 bits per heavy atom. The summed E-state index contributed by atoms with van der Waals surface area (Å²) in [6.45, 7) is 3.86. The largest absolute Gasteiger partial charge is 0.343 e. The Bertz CT molecular complexity index is 760. The van der Waals surface area contributed by atoms with E-state index in [2.05, 4.69) is 84.6 Å². The van der Waals surface area contributed by atoms with Crippen molar-refractivity contribution in [2.45, 2.75) is 20.0 Å². The summed E-state index contributed by atoms with van der Waals surface area (Å²) < 4.78 is 0. The highest BCUT2D eigenvalue weighted by Crippen LogP contribution is 2.21. The molecule has 2 nitrogen and oxygen atoms in total. The van der Waals surface area contributed by atoms with Crippen LogP contribution in [0.15, 0.2) is 96.0 Å². The summed E-state index contributed by atoms with van der Waals surface area (Å²) in [7, 11) is 0. The topological polar surface area (TPSA) is 15.6 Å². The van der Waals surface area contributed by atoms with Crippen LogP contribution < -0.4 is 0 Å². The van der Waals surface area contributed by atoms with E-state index in [1.165, 1.54) is 11.1 Å². The molecule has 0 aliphatic heterocycles. The third-order valence-electron chi connectivity index (χ3n) is 3.96. The molecule has 132 valence electrons. The molecular weight excluding hydrogens is 336 g/mol. The number of hydrogen-bond donors (Lipinski definition) is 0. The average molecular weight is 361 g/mol. The summed E-state index contributed by atoms with van der Waals surface area (Å²) in [6.07, 6.45) is 0. The van der Waals surface area contributed by atoms with Crippen molar-refractivity contribution in [1.29, 1.82) is 0 Å². The molecule has 0 atom stereocenters. The molecule has 0 bridgehead atoms. The average Bonchev–Trinajstić information content (AvgIpc) is 2.70. The van der Waals surface area contributed by atoms with Gasteiger partial charge in [0.25, 0.3) is 0 Å². The number of benzene rings is 3. The van der Waals surface area contributed by atoms with Crippen LogP contribution in [-0.4, -0.2) is 15.8 Å². The first kappa shape index (κ1) is 18.3. The Morgan fingerprint density at radius 3 is 1.65 bits per heavy atom. The number of aliphatic imine (C=N–C) groups is 1. The van der Waals surface area contributed by atoms with Crippen LogP contribution in [0.1, 0.15) is 18.1 Å². The Morgan fingerprint density at radius 2 is 1.19 bits per heavy atom. The van der Waals surface area contributed by atoms with Crippen molar-refractivity contribution in [1.82, 2.24) is 4.90 Å². The SMILES string of the molecule is CCSC(=Nc1ccccc1)N(Cc1ccccc1)Cc1ccccc1. The molecule has 0 aromatic heterocycles. The second-order valence-corrected chi connectivity index (χ2v) is 7.22. The van der Waals surface area contributed by atoms with Gasteiger partial charge < -0.3 is 4.90 Å². The zero-order valence-electron chi connectivity index (χ0n) is 15.1. The number of rotatable bonds is 6. The van der Waals surface area contributed by atoms with Gasteiger partial charge in [0.15, 0.2) is 5.17 Å². The van der Waals surface area contributed by atoms with Crippen LogP contribution in [0, 0.1) is 0 Å². The molecular formula is C23H24N2S. The highest BCUT2D eigenvalue weighted by molar-refractivity contribution is 8.13. The summed E-state index contributed by atoms with van der Waals surface area (Å²) in [4.78, 5) is 7.31. The second kappa shape index (κ2) is 9.83. The van der Waals surface area contributed by atoms with E-state index >= 15 is 0 Å². The van der Waals surface area contributed by atoms with E-state index in [9.17, 15) is 0 Å². The molecule has 0 aliphatic rings. The number of thioether (sulfide) groups is 1. The van der Waals surface area contributed by atoms with Gasteiger partial charge in [-0.3, -0.25) is 0 Å². The Labute approximate surface area is 160 Å². The summed E-state index contributed by atoms with van der Waals surface area (Å²) in [5.41, 5.74) is 3.58. The lowest BCUT2D eigenvalue weighted by atomic mass is 10.2. The molecule has 0 unspecified atom stereocenters. The molecule has 26 heavy (non-hydrogen) atoms. The van der Waals surface area contributed by atoms with Gasteiger partial charge in [-0.1, -0.05) is 97.5 Å². The van der Waals surface area contributed by atoms with Crippen LogP contribution >= 0.6 is 11.8 Å². The van der Waals surface area contributed by atoms with Gasteiger partial charge in [-0.05, 0) is 29.0 Å². The summed E-state index contributed by atoms with van der Waals surface area (Å²) in [6, 6.07) is 31.4. The Hall–Kier alpha value is -2.52. The van der Waals surface area contributed by atoms with Gasteiger partial charge in [-0.15, -0.1) is 0 Å². The number of nitrogens with zero attached hydrogens (tertiary/aromatic N) is 2. The van der Waals surface area contributed by atoms with Crippen molar-refractivity contribution >= 4 is 22.6 Å². The van der Waals surface area contributed by atoms with Crippen molar-refractivity contribution in [3.63, 3.8) is 0 Å². The van der Waals surface area contributed by atoms with E-state index in [-0.39, 0.29) is 0 Å². The van der Waals surface area contributed by atoms with Crippen molar-refractivity contribution in [3.8, 4) is 0 Å². The van der Waals surface area contributed by atoms with Crippen LogP contribution in [0.25, 0.3) is 0 Å². The third kappa shape index (κ3) is 5.50. The van der Waals surface area contributed by atoms with Crippen LogP contribution in [-0.2, 0) is 13.1 Å². The molecule has 0 saturated heterocycles. The predicted octanol–water partition coefficient (Wildman–Crippen LogP) is 6.13. The summed E-state index contributed by atoms with van der Waals surface area (Å²) >= 11 is 1.79. The number of hydrogen-bond acceptors (Lipinski definition) is 2. The molecule has 0 heterocycles. The van der Waals surface area contributed by atoms with E-state index in [4.69, 9.17) is 4.99 Å². The molecule has 3 rings (SSSR count). The predicted molar refractivity (Wildman–Crippen MR) is 114 cm³/mol. The molecule has 0 spiro atoms. The van der Waals surface area contributed by atoms with E-state index in [0.29, 0.717) is 0 Å².